The van der Waals surface area contributed by atoms with Crippen LogP contribution in [0.15, 0.2) is 30.3 Å². The summed E-state index contributed by atoms with van der Waals surface area (Å²) in [5.41, 5.74) is 3.23. The Morgan fingerprint density at radius 2 is 1.24 bits per heavy atom. The van der Waals surface area contributed by atoms with Crippen LogP contribution in [-0.2, 0) is 27.5 Å². The Hall–Kier alpha value is -2.69. The maximum absolute atomic E-state index is 10.8. The van der Waals surface area contributed by atoms with Crippen molar-refractivity contribution >= 4 is 5.97 Å². The number of aliphatic carboxylic acids is 1. The quantitative estimate of drug-likeness (QED) is 0.474. The second kappa shape index (κ2) is 10.5. The lowest BCUT2D eigenvalue weighted by atomic mass is 9.78. The zero-order valence-electron chi connectivity index (χ0n) is 22.0. The van der Waals surface area contributed by atoms with Crippen molar-refractivity contribution in [2.45, 2.75) is 91.4 Å². The Labute approximate surface area is 199 Å². The maximum Gasteiger partial charge on any atom is 0.303 e. The van der Waals surface area contributed by atoms with Gasteiger partial charge in [-0.25, -0.2) is 0 Å². The molecule has 0 radical (unpaired) electrons. The van der Waals surface area contributed by atoms with E-state index in [4.69, 9.17) is 9.84 Å². The zero-order valence-corrected chi connectivity index (χ0v) is 22.0. The van der Waals surface area contributed by atoms with Gasteiger partial charge in [-0.1, -0.05) is 74.4 Å². The highest BCUT2D eigenvalue weighted by Crippen LogP contribution is 2.40. The van der Waals surface area contributed by atoms with Crippen molar-refractivity contribution < 1.29 is 24.9 Å². The Kier molecular flexibility index (Phi) is 9.01. The summed E-state index contributed by atoms with van der Waals surface area (Å²) in [6, 6.07) is 9.17. The third-order valence-electron chi connectivity index (χ3n) is 5.43. The fourth-order valence-corrected chi connectivity index (χ4v) is 3.48. The molecule has 2 rings (SSSR count). The summed E-state index contributed by atoms with van der Waals surface area (Å²) in [6.07, 6.45) is 0.597. The van der Waals surface area contributed by atoms with Crippen LogP contribution in [0.4, 0.5) is 0 Å². The van der Waals surface area contributed by atoms with Gasteiger partial charge in [0.1, 0.15) is 17.2 Å². The van der Waals surface area contributed by atoms with Gasteiger partial charge in [0.2, 0.25) is 0 Å². The largest absolute Gasteiger partial charge is 0.508 e. The van der Waals surface area contributed by atoms with Crippen molar-refractivity contribution in [3.8, 4) is 17.2 Å². The minimum Gasteiger partial charge on any atom is -0.508 e. The summed E-state index contributed by atoms with van der Waals surface area (Å²) in [5.74, 6) is 0.646. The molecule has 0 atom stereocenters. The van der Waals surface area contributed by atoms with E-state index in [1.165, 1.54) is 0 Å². The van der Waals surface area contributed by atoms with Crippen LogP contribution in [0.1, 0.15) is 91.0 Å². The average molecular weight is 459 g/mol. The molecule has 0 aromatic heterocycles. The molecule has 0 saturated heterocycles. The van der Waals surface area contributed by atoms with E-state index in [2.05, 4.69) is 62.3 Å². The molecule has 0 bridgehead atoms. The number of phenols is 2. The van der Waals surface area contributed by atoms with Crippen LogP contribution in [0.25, 0.3) is 0 Å². The van der Waals surface area contributed by atoms with Crippen molar-refractivity contribution in [2.24, 2.45) is 0 Å². The van der Waals surface area contributed by atoms with Crippen LogP contribution in [0, 0.1) is 0 Å². The highest BCUT2D eigenvalue weighted by Gasteiger charge is 2.26. The highest BCUT2D eigenvalue weighted by atomic mass is 16.5. The molecule has 0 aliphatic heterocycles. The minimum atomic E-state index is -0.798. The van der Waals surface area contributed by atoms with Crippen molar-refractivity contribution in [3.05, 3.63) is 52.6 Å². The Bertz CT molecular complexity index is 919. The van der Waals surface area contributed by atoms with Gasteiger partial charge in [-0.2, -0.15) is 0 Å². The Morgan fingerprint density at radius 1 is 0.788 bits per heavy atom. The van der Waals surface area contributed by atoms with Crippen LogP contribution < -0.4 is 4.74 Å². The number of benzene rings is 2. The number of rotatable bonds is 4. The molecule has 0 heterocycles. The predicted octanol–water partition coefficient (Wildman–Crippen LogP) is 6.70. The Morgan fingerprint density at radius 3 is 1.61 bits per heavy atom. The van der Waals surface area contributed by atoms with Gasteiger partial charge in [0.25, 0.3) is 0 Å². The SMILES string of the molecule is CC(C)(C)c1cc(CCC(=O)O)cc(C(C)(C)C)c1O.COc1ccc(O)c(C(C)(C)C)c1. The van der Waals surface area contributed by atoms with Crippen molar-refractivity contribution in [1.29, 1.82) is 0 Å². The fourth-order valence-electron chi connectivity index (χ4n) is 3.48. The lowest BCUT2D eigenvalue weighted by Crippen LogP contribution is -2.18. The first-order valence-corrected chi connectivity index (χ1v) is 11.3. The molecule has 3 N–H and O–H groups in total. The molecule has 0 aliphatic carbocycles. The van der Waals surface area contributed by atoms with E-state index < -0.39 is 5.97 Å². The fraction of sp³-hybridized carbons (Fsp3) is 0.536. The molecular formula is C28H42O5. The molecule has 2 aromatic carbocycles. The number of phenolic OH excluding ortho intramolecular Hbond substituents is 2. The van der Waals surface area contributed by atoms with Crippen LogP contribution in [0.3, 0.4) is 0 Å². The molecule has 2 aromatic rings. The van der Waals surface area contributed by atoms with Crippen LogP contribution >= 0.6 is 0 Å². The number of hydrogen-bond donors (Lipinski definition) is 3. The van der Waals surface area contributed by atoms with E-state index in [-0.39, 0.29) is 22.7 Å². The van der Waals surface area contributed by atoms with Gasteiger partial charge in [0.15, 0.2) is 0 Å². The monoisotopic (exact) mass is 458 g/mol. The second-order valence-electron chi connectivity index (χ2n) is 11.6. The van der Waals surface area contributed by atoms with Crippen LogP contribution in [0.5, 0.6) is 17.2 Å². The van der Waals surface area contributed by atoms with Gasteiger partial charge >= 0.3 is 5.97 Å². The molecule has 5 heteroatoms. The number of hydrogen-bond acceptors (Lipinski definition) is 4. The minimum absolute atomic E-state index is 0.0569. The number of ether oxygens (including phenoxy) is 1. The third-order valence-corrected chi connectivity index (χ3v) is 5.43. The number of carboxylic acid groups (broad SMARTS) is 1. The van der Waals surface area contributed by atoms with E-state index in [0.717, 1.165) is 28.0 Å². The average Bonchev–Trinajstić information content (AvgIpc) is 2.65. The van der Waals surface area contributed by atoms with Gasteiger partial charge in [-0.05, 0) is 57.6 Å². The topological polar surface area (TPSA) is 87.0 Å². The molecule has 184 valence electrons. The molecule has 0 unspecified atom stereocenters. The van der Waals surface area contributed by atoms with E-state index in [1.807, 2.05) is 18.2 Å². The zero-order chi connectivity index (χ0) is 25.8. The molecule has 0 saturated carbocycles. The normalized spacial score (nSPS) is 12.1. The van der Waals surface area contributed by atoms with Crippen LogP contribution in [-0.4, -0.2) is 28.4 Å². The standard InChI is InChI=1S/C17H26O3.C11H16O2/c1-16(2,3)12-9-11(7-8-14(18)19)10-13(15(12)20)17(4,5)6;1-11(2,3)9-7-8(13-4)5-6-10(9)12/h9-10,20H,7-8H2,1-6H3,(H,18,19);5-7,12H,1-4H3. The van der Waals surface area contributed by atoms with Crippen molar-refractivity contribution in [2.75, 3.05) is 7.11 Å². The lowest BCUT2D eigenvalue weighted by Gasteiger charge is -2.28. The summed E-state index contributed by atoms with van der Waals surface area (Å²) in [4.78, 5) is 10.8. The van der Waals surface area contributed by atoms with E-state index in [0.29, 0.717) is 17.9 Å². The summed E-state index contributed by atoms with van der Waals surface area (Å²) < 4.78 is 5.09. The first-order valence-electron chi connectivity index (χ1n) is 11.3. The summed E-state index contributed by atoms with van der Waals surface area (Å²) >= 11 is 0. The van der Waals surface area contributed by atoms with Crippen molar-refractivity contribution in [3.63, 3.8) is 0 Å². The van der Waals surface area contributed by atoms with Gasteiger partial charge in [0, 0.05) is 12.0 Å². The molecule has 33 heavy (non-hydrogen) atoms. The first kappa shape index (κ1) is 28.3. The van der Waals surface area contributed by atoms with Gasteiger partial charge < -0.3 is 20.1 Å². The van der Waals surface area contributed by atoms with Gasteiger partial charge in [-0.3, -0.25) is 4.79 Å². The third kappa shape index (κ3) is 8.30. The maximum atomic E-state index is 10.8. The second-order valence-corrected chi connectivity index (χ2v) is 11.6. The number of carbonyl (C=O) groups is 1. The highest BCUT2D eigenvalue weighted by molar-refractivity contribution is 5.67. The summed E-state index contributed by atoms with van der Waals surface area (Å²) in [5, 5.41) is 29.0. The van der Waals surface area contributed by atoms with Crippen LogP contribution in [0.2, 0.25) is 0 Å². The molecule has 0 aliphatic rings. The molecular weight excluding hydrogens is 416 g/mol. The molecule has 0 amide bonds. The lowest BCUT2D eigenvalue weighted by molar-refractivity contribution is -0.136. The van der Waals surface area contributed by atoms with E-state index in [1.54, 1.807) is 19.2 Å². The number of carboxylic acids is 1. The number of aryl methyl sites for hydroxylation is 1. The number of aromatic hydroxyl groups is 2. The van der Waals surface area contributed by atoms with E-state index in [9.17, 15) is 15.0 Å². The predicted molar refractivity (Wildman–Crippen MR) is 135 cm³/mol. The smallest absolute Gasteiger partial charge is 0.303 e. The molecule has 0 fully saturated rings. The first-order chi connectivity index (χ1) is 14.9. The molecule has 5 nitrogen and oxygen atoms in total. The summed E-state index contributed by atoms with van der Waals surface area (Å²) in [7, 11) is 1.62. The number of methoxy groups -OCH3 is 1. The Balaban J connectivity index is 0.000000361. The van der Waals surface area contributed by atoms with Gasteiger partial charge in [-0.15, -0.1) is 0 Å². The molecule has 0 spiro atoms. The summed E-state index contributed by atoms with van der Waals surface area (Å²) in [6.45, 7) is 18.5. The van der Waals surface area contributed by atoms with Crippen molar-refractivity contribution in [1.82, 2.24) is 0 Å². The van der Waals surface area contributed by atoms with Gasteiger partial charge in [0.05, 0.1) is 7.11 Å². The van der Waals surface area contributed by atoms with E-state index >= 15 is 0 Å².